The third kappa shape index (κ3) is 2.64. The van der Waals surface area contributed by atoms with Crippen molar-refractivity contribution in [3.63, 3.8) is 0 Å². The number of hydrogen-bond acceptors (Lipinski definition) is 4. The van der Waals surface area contributed by atoms with Crippen molar-refractivity contribution in [2.75, 3.05) is 5.73 Å². The molecular formula is C9H9ClN4S. The van der Waals surface area contributed by atoms with E-state index in [0.29, 0.717) is 10.7 Å². The number of aromatic nitrogens is 3. The van der Waals surface area contributed by atoms with E-state index in [2.05, 4.69) is 15.2 Å². The Balaban J connectivity index is 2.05. The molecule has 0 aliphatic carbocycles. The van der Waals surface area contributed by atoms with E-state index >= 15 is 0 Å². The lowest BCUT2D eigenvalue weighted by Gasteiger charge is -2.03. The molecular weight excluding hydrogens is 232 g/mol. The fraction of sp³-hybridized carbons (Fsp3) is 0.111. The summed E-state index contributed by atoms with van der Waals surface area (Å²) in [6.45, 7) is 0. The molecule has 6 heteroatoms. The number of H-pyrrole nitrogens is 1. The predicted octanol–water partition coefficient (Wildman–Crippen LogP) is 2.33. The van der Waals surface area contributed by atoms with Crippen molar-refractivity contribution < 1.29 is 0 Å². The molecule has 3 N–H and O–H groups in total. The Bertz CT molecular complexity index is 443. The van der Waals surface area contributed by atoms with Gasteiger partial charge in [-0.3, -0.25) is 5.10 Å². The van der Waals surface area contributed by atoms with Gasteiger partial charge in [-0.1, -0.05) is 29.4 Å². The van der Waals surface area contributed by atoms with E-state index < -0.39 is 0 Å². The minimum Gasteiger partial charge on any atom is -0.398 e. The predicted molar refractivity (Wildman–Crippen MR) is 61.8 cm³/mol. The number of aromatic amines is 1. The van der Waals surface area contributed by atoms with Gasteiger partial charge < -0.3 is 5.73 Å². The highest BCUT2D eigenvalue weighted by Crippen LogP contribution is 2.24. The van der Waals surface area contributed by atoms with Gasteiger partial charge in [0.05, 0.1) is 0 Å². The van der Waals surface area contributed by atoms with Crippen LogP contribution in [0.3, 0.4) is 0 Å². The second kappa shape index (κ2) is 4.55. The molecule has 0 aliphatic heterocycles. The fourth-order valence-electron chi connectivity index (χ4n) is 1.11. The lowest BCUT2D eigenvalue weighted by Crippen LogP contribution is -1.92. The molecule has 0 unspecified atom stereocenters. The summed E-state index contributed by atoms with van der Waals surface area (Å²) in [6, 6.07) is 5.49. The minimum absolute atomic E-state index is 0.654. The third-order valence-corrected chi connectivity index (χ3v) is 3.03. The highest BCUT2D eigenvalue weighted by Gasteiger charge is 2.02. The van der Waals surface area contributed by atoms with Crippen LogP contribution in [-0.2, 0) is 5.75 Å². The molecule has 0 amide bonds. The van der Waals surface area contributed by atoms with Gasteiger partial charge >= 0.3 is 0 Å². The summed E-state index contributed by atoms with van der Waals surface area (Å²) in [4.78, 5) is 4.01. The maximum Gasteiger partial charge on any atom is 0.183 e. The monoisotopic (exact) mass is 240 g/mol. The lowest BCUT2D eigenvalue weighted by molar-refractivity contribution is 0.973. The maximum atomic E-state index is 5.82. The van der Waals surface area contributed by atoms with E-state index in [1.165, 1.54) is 6.33 Å². The standard InChI is InChI=1S/C9H9ClN4S/c10-7-2-1-6(8(11)3-7)4-15-9-12-5-13-14-9/h1-3,5H,4,11H2,(H,12,13,14). The number of nitrogens with two attached hydrogens (primary N) is 1. The number of thioether (sulfide) groups is 1. The number of halogens is 1. The molecule has 0 aliphatic rings. The molecule has 1 heterocycles. The summed E-state index contributed by atoms with van der Waals surface area (Å²) in [5.74, 6) is 0.748. The Morgan fingerprint density at radius 2 is 2.33 bits per heavy atom. The summed E-state index contributed by atoms with van der Waals surface area (Å²) >= 11 is 7.35. The van der Waals surface area contributed by atoms with Crippen molar-refractivity contribution in [1.82, 2.24) is 15.2 Å². The largest absolute Gasteiger partial charge is 0.398 e. The van der Waals surface area contributed by atoms with E-state index in [-0.39, 0.29) is 0 Å². The molecule has 1 aromatic heterocycles. The fourth-order valence-corrected chi connectivity index (χ4v) is 2.08. The third-order valence-electron chi connectivity index (χ3n) is 1.87. The van der Waals surface area contributed by atoms with Gasteiger partial charge in [0.1, 0.15) is 6.33 Å². The zero-order chi connectivity index (χ0) is 10.7. The van der Waals surface area contributed by atoms with Gasteiger partial charge in [-0.25, -0.2) is 4.98 Å². The van der Waals surface area contributed by atoms with Crippen LogP contribution in [0.2, 0.25) is 5.02 Å². The number of nitrogens with zero attached hydrogens (tertiary/aromatic N) is 2. The highest BCUT2D eigenvalue weighted by atomic mass is 35.5. The van der Waals surface area contributed by atoms with Gasteiger partial charge in [-0.2, -0.15) is 5.10 Å². The summed E-state index contributed by atoms with van der Waals surface area (Å²) in [5, 5.41) is 7.97. The number of hydrogen-bond donors (Lipinski definition) is 2. The zero-order valence-electron chi connectivity index (χ0n) is 7.77. The number of benzene rings is 1. The minimum atomic E-state index is 0.654. The average Bonchev–Trinajstić information content (AvgIpc) is 2.69. The maximum absolute atomic E-state index is 5.82. The van der Waals surface area contributed by atoms with Gasteiger partial charge in [0.25, 0.3) is 0 Å². The van der Waals surface area contributed by atoms with Gasteiger partial charge in [0, 0.05) is 16.5 Å². The Morgan fingerprint density at radius 1 is 1.47 bits per heavy atom. The first-order chi connectivity index (χ1) is 7.25. The molecule has 0 saturated heterocycles. The molecule has 2 rings (SSSR count). The smallest absolute Gasteiger partial charge is 0.183 e. The van der Waals surface area contributed by atoms with Crippen LogP contribution in [-0.4, -0.2) is 15.2 Å². The van der Waals surface area contributed by atoms with E-state index in [9.17, 15) is 0 Å². The van der Waals surface area contributed by atoms with Gasteiger partial charge in [0.2, 0.25) is 0 Å². The number of rotatable bonds is 3. The van der Waals surface area contributed by atoms with Crippen molar-refractivity contribution in [1.29, 1.82) is 0 Å². The summed E-state index contributed by atoms with van der Waals surface area (Å²) in [5.41, 5.74) is 7.56. The van der Waals surface area contributed by atoms with Crippen LogP contribution < -0.4 is 5.73 Å². The van der Waals surface area contributed by atoms with Crippen LogP contribution in [0.15, 0.2) is 29.7 Å². The van der Waals surface area contributed by atoms with Gasteiger partial charge in [-0.05, 0) is 17.7 Å². The van der Waals surface area contributed by atoms with E-state index in [0.717, 1.165) is 16.5 Å². The highest BCUT2D eigenvalue weighted by molar-refractivity contribution is 7.98. The van der Waals surface area contributed by atoms with E-state index in [1.54, 1.807) is 17.8 Å². The molecule has 0 spiro atoms. The number of nitrogen functional groups attached to an aromatic ring is 1. The first-order valence-corrected chi connectivity index (χ1v) is 5.64. The van der Waals surface area contributed by atoms with E-state index in [4.69, 9.17) is 17.3 Å². The molecule has 15 heavy (non-hydrogen) atoms. The molecule has 0 atom stereocenters. The normalized spacial score (nSPS) is 10.5. The molecule has 1 aromatic carbocycles. The Labute approximate surface area is 96.2 Å². The second-order valence-electron chi connectivity index (χ2n) is 2.92. The SMILES string of the molecule is Nc1cc(Cl)ccc1CSc1ncn[nH]1. The average molecular weight is 241 g/mol. The van der Waals surface area contributed by atoms with Gasteiger partial charge in [-0.15, -0.1) is 0 Å². The van der Waals surface area contributed by atoms with Crippen molar-refractivity contribution in [2.24, 2.45) is 0 Å². The molecule has 2 aromatic rings. The van der Waals surface area contributed by atoms with Crippen LogP contribution >= 0.6 is 23.4 Å². The molecule has 0 bridgehead atoms. The first-order valence-electron chi connectivity index (χ1n) is 4.28. The van der Waals surface area contributed by atoms with Crippen LogP contribution in [0.4, 0.5) is 5.69 Å². The molecule has 0 fully saturated rings. The quantitative estimate of drug-likeness (QED) is 0.638. The Hall–Kier alpha value is -1.20. The van der Waals surface area contributed by atoms with Crippen LogP contribution in [0.1, 0.15) is 5.56 Å². The van der Waals surface area contributed by atoms with Crippen LogP contribution in [0.5, 0.6) is 0 Å². The molecule has 78 valence electrons. The van der Waals surface area contributed by atoms with Gasteiger partial charge in [0.15, 0.2) is 5.16 Å². The van der Waals surface area contributed by atoms with Crippen LogP contribution in [0.25, 0.3) is 0 Å². The Kier molecular flexibility index (Phi) is 3.13. The first kappa shape index (κ1) is 10.3. The Morgan fingerprint density at radius 3 is 3.00 bits per heavy atom. The molecule has 4 nitrogen and oxygen atoms in total. The summed E-state index contributed by atoms with van der Waals surface area (Å²) in [7, 11) is 0. The summed E-state index contributed by atoms with van der Waals surface area (Å²) < 4.78 is 0. The molecule has 0 radical (unpaired) electrons. The van der Waals surface area contributed by atoms with Crippen molar-refractivity contribution in [3.8, 4) is 0 Å². The lowest BCUT2D eigenvalue weighted by atomic mass is 10.2. The van der Waals surface area contributed by atoms with Crippen molar-refractivity contribution in [3.05, 3.63) is 35.1 Å². The summed E-state index contributed by atoms with van der Waals surface area (Å²) in [6.07, 6.45) is 1.48. The van der Waals surface area contributed by atoms with E-state index in [1.807, 2.05) is 12.1 Å². The van der Waals surface area contributed by atoms with Crippen LogP contribution in [0, 0.1) is 0 Å². The second-order valence-corrected chi connectivity index (χ2v) is 4.32. The van der Waals surface area contributed by atoms with Crippen molar-refractivity contribution in [2.45, 2.75) is 10.9 Å². The molecule has 0 saturated carbocycles. The number of nitrogens with one attached hydrogen (secondary N) is 1. The zero-order valence-corrected chi connectivity index (χ0v) is 9.35. The van der Waals surface area contributed by atoms with Crippen molar-refractivity contribution >= 4 is 29.1 Å². The topological polar surface area (TPSA) is 67.6 Å². The number of anilines is 1.